The van der Waals surface area contributed by atoms with Crippen LogP contribution in [0.15, 0.2) is 115 Å². The largest absolute Gasteiger partial charge is 0.492 e. The highest BCUT2D eigenvalue weighted by Gasteiger charge is 2.36. The minimum Gasteiger partial charge on any atom is -0.457 e. The van der Waals surface area contributed by atoms with Crippen molar-refractivity contribution in [2.24, 2.45) is 0 Å². The molecule has 6 nitrogen and oxygen atoms in total. The van der Waals surface area contributed by atoms with Gasteiger partial charge in [-0.3, -0.25) is 0 Å². The molecule has 9 heteroatoms. The number of benzene rings is 5. The third-order valence-corrected chi connectivity index (χ3v) is 7.67. The molecule has 2 unspecified atom stereocenters. The maximum atomic E-state index is 13.3. The van der Waals surface area contributed by atoms with Crippen LogP contribution >= 0.6 is 0 Å². The van der Waals surface area contributed by atoms with Gasteiger partial charge >= 0.3 is 14.2 Å². The molecule has 2 heterocycles. The Balaban J connectivity index is 0.000000162. The smallest absolute Gasteiger partial charge is 0.457 e. The zero-order valence-electron chi connectivity index (χ0n) is 23.9. The Kier molecular flexibility index (Phi) is 8.60. The predicted octanol–water partition coefficient (Wildman–Crippen LogP) is 5.97. The van der Waals surface area contributed by atoms with Crippen LogP contribution in [-0.2, 0) is 15.7 Å². The molecule has 216 valence electrons. The maximum Gasteiger partial charge on any atom is 0.492 e. The number of halogens is 1. The lowest BCUT2D eigenvalue weighted by atomic mass is 9.79. The summed E-state index contributed by atoms with van der Waals surface area (Å²) < 4.78 is 30.4. The number of nitrogens with zero attached hydrogens (tertiary/aromatic N) is 1. The van der Waals surface area contributed by atoms with Gasteiger partial charge in [-0.05, 0) is 76.5 Å². The summed E-state index contributed by atoms with van der Waals surface area (Å²) in [6.07, 6.45) is 0.0241. The van der Waals surface area contributed by atoms with Crippen LogP contribution in [0.2, 0.25) is 0 Å². The van der Waals surface area contributed by atoms with Gasteiger partial charge in [0.1, 0.15) is 17.3 Å². The van der Waals surface area contributed by atoms with E-state index in [4.69, 9.17) is 20.6 Å². The van der Waals surface area contributed by atoms with E-state index in [1.165, 1.54) is 17.7 Å². The van der Waals surface area contributed by atoms with Crippen LogP contribution < -0.4 is 15.7 Å². The highest BCUT2D eigenvalue weighted by molar-refractivity contribution is 6.62. The molecule has 0 saturated heterocycles. The van der Waals surface area contributed by atoms with Gasteiger partial charge in [-0.25, -0.2) is 9.24 Å². The van der Waals surface area contributed by atoms with Gasteiger partial charge in [0.2, 0.25) is 0 Å². The van der Waals surface area contributed by atoms with Crippen LogP contribution in [0.3, 0.4) is 0 Å². The molecule has 0 spiro atoms. The summed E-state index contributed by atoms with van der Waals surface area (Å²) in [6, 6.07) is 34.8. The summed E-state index contributed by atoms with van der Waals surface area (Å²) in [6.45, 7) is 9.02. The third kappa shape index (κ3) is 6.45. The number of fused-ring (bicyclic) bond motifs is 2. The van der Waals surface area contributed by atoms with Crippen molar-refractivity contribution in [3.63, 3.8) is 0 Å². The summed E-state index contributed by atoms with van der Waals surface area (Å²) in [7, 11) is -1.89. The number of rotatable bonds is 5. The molecule has 2 aliphatic rings. The van der Waals surface area contributed by atoms with Gasteiger partial charge in [-0.2, -0.15) is 0 Å². The lowest BCUT2D eigenvalue weighted by molar-refractivity contribution is 0.190. The predicted molar refractivity (Wildman–Crippen MR) is 169 cm³/mol. The average molecular weight is 583 g/mol. The Hall–Kier alpha value is -4.71. The van der Waals surface area contributed by atoms with Gasteiger partial charge in [0.05, 0.1) is 18.8 Å². The highest BCUT2D eigenvalue weighted by Crippen LogP contribution is 2.34. The van der Waals surface area contributed by atoms with Crippen LogP contribution in [0.1, 0.15) is 40.0 Å². The standard InChI is InChI=1S/C20H14BNO3.C15H14BFO2/c1-22-15-7-9-16(10-8-15)24-17-11-12-19-18(13-17)20(25-21(19)23)14-5-3-2-4-6-14;1-10-2-4-11(5-3-10)8-15-13-9-12(17)6-7-14(13)16(18)19-15/h2-13,20,23H;2-7,9,15,18H,8H2,1H3. The van der Waals surface area contributed by atoms with Gasteiger partial charge in [0.25, 0.3) is 0 Å². The van der Waals surface area contributed by atoms with Gasteiger partial charge in [0, 0.05) is 6.42 Å². The molecule has 2 atom stereocenters. The molecule has 2 aliphatic heterocycles. The second-order valence-corrected chi connectivity index (χ2v) is 10.7. The van der Waals surface area contributed by atoms with Crippen LogP contribution in [-0.4, -0.2) is 24.3 Å². The van der Waals surface area contributed by atoms with Crippen LogP contribution in [0.5, 0.6) is 11.5 Å². The molecular formula is C35H28B2FNO5. The zero-order valence-corrected chi connectivity index (χ0v) is 23.9. The van der Waals surface area contributed by atoms with E-state index in [9.17, 15) is 14.4 Å². The maximum absolute atomic E-state index is 13.3. The van der Waals surface area contributed by atoms with E-state index in [0.29, 0.717) is 29.1 Å². The van der Waals surface area contributed by atoms with E-state index in [2.05, 4.69) is 4.85 Å². The van der Waals surface area contributed by atoms with E-state index in [-0.39, 0.29) is 18.0 Å². The zero-order chi connectivity index (χ0) is 30.6. The first-order valence-corrected chi connectivity index (χ1v) is 14.2. The molecular weight excluding hydrogens is 555 g/mol. The Morgan fingerprint density at radius 2 is 1.43 bits per heavy atom. The fourth-order valence-corrected chi connectivity index (χ4v) is 5.40. The first kappa shape index (κ1) is 29.4. The van der Waals surface area contributed by atoms with Crippen molar-refractivity contribution in [2.45, 2.75) is 25.6 Å². The number of hydrogen-bond donors (Lipinski definition) is 2. The molecule has 0 aliphatic carbocycles. The van der Waals surface area contributed by atoms with Gasteiger partial charge in [0.15, 0.2) is 5.69 Å². The third-order valence-electron chi connectivity index (χ3n) is 7.67. The summed E-state index contributed by atoms with van der Waals surface area (Å²) in [5.41, 5.74) is 6.92. The molecule has 0 amide bonds. The first-order chi connectivity index (χ1) is 21.4. The van der Waals surface area contributed by atoms with Crippen LogP contribution in [0.4, 0.5) is 10.1 Å². The summed E-state index contributed by atoms with van der Waals surface area (Å²) in [5, 5.41) is 20.0. The molecule has 0 aromatic heterocycles. The minimum atomic E-state index is -0.953. The quantitative estimate of drug-likeness (QED) is 0.197. The Bertz CT molecular complexity index is 1800. The van der Waals surface area contributed by atoms with E-state index in [1.54, 1.807) is 30.3 Å². The van der Waals surface area contributed by atoms with Crippen LogP contribution in [0, 0.1) is 19.3 Å². The van der Waals surface area contributed by atoms with Gasteiger partial charge in [-0.15, -0.1) is 0 Å². The fraction of sp³-hybridized carbons (Fsp3) is 0.114. The van der Waals surface area contributed by atoms with Crippen molar-refractivity contribution >= 4 is 30.8 Å². The molecule has 7 rings (SSSR count). The van der Waals surface area contributed by atoms with Crippen LogP contribution in [0.25, 0.3) is 4.85 Å². The monoisotopic (exact) mass is 583 g/mol. The van der Waals surface area contributed by atoms with E-state index >= 15 is 0 Å². The molecule has 0 radical (unpaired) electrons. The molecule has 0 saturated carbocycles. The van der Waals surface area contributed by atoms with Crippen molar-refractivity contribution in [3.8, 4) is 11.5 Å². The van der Waals surface area contributed by atoms with Gasteiger partial charge in [-0.1, -0.05) is 84.4 Å². The molecule has 0 fully saturated rings. The summed E-state index contributed by atoms with van der Waals surface area (Å²) in [4.78, 5) is 3.37. The lowest BCUT2D eigenvalue weighted by Crippen LogP contribution is -2.27. The Morgan fingerprint density at radius 3 is 2.16 bits per heavy atom. The lowest BCUT2D eigenvalue weighted by Gasteiger charge is -2.14. The normalized spacial score (nSPS) is 16.4. The van der Waals surface area contributed by atoms with Gasteiger partial charge < -0.3 is 24.1 Å². The van der Waals surface area contributed by atoms with Crippen molar-refractivity contribution in [1.29, 1.82) is 0 Å². The Morgan fingerprint density at radius 1 is 0.773 bits per heavy atom. The molecule has 5 aromatic rings. The molecule has 5 aromatic carbocycles. The van der Waals surface area contributed by atoms with Crippen molar-refractivity contribution < 1.29 is 28.5 Å². The highest BCUT2D eigenvalue weighted by atomic mass is 19.1. The molecule has 2 N–H and O–H groups in total. The first-order valence-electron chi connectivity index (χ1n) is 14.2. The fourth-order valence-electron chi connectivity index (χ4n) is 5.40. The number of aryl methyl sites for hydroxylation is 1. The minimum absolute atomic E-state index is 0.289. The van der Waals surface area contributed by atoms with E-state index < -0.39 is 14.2 Å². The number of hydrogen-bond acceptors (Lipinski definition) is 5. The van der Waals surface area contributed by atoms with Crippen molar-refractivity contribution in [2.75, 3.05) is 0 Å². The molecule has 0 bridgehead atoms. The topological polar surface area (TPSA) is 72.5 Å². The second-order valence-electron chi connectivity index (χ2n) is 10.7. The van der Waals surface area contributed by atoms with E-state index in [1.807, 2.05) is 79.7 Å². The van der Waals surface area contributed by atoms with E-state index in [0.717, 1.165) is 27.7 Å². The average Bonchev–Trinajstić information content (AvgIpc) is 3.54. The number of ether oxygens (including phenoxy) is 1. The Labute approximate surface area is 256 Å². The SMILES string of the molecule is Cc1ccc(CC2OB(O)c3ccc(F)cc32)cc1.[C-]#[N+]c1ccc(Oc2ccc3c(c2)C(c2ccccc2)OB3O)cc1. The van der Waals surface area contributed by atoms with Crippen molar-refractivity contribution in [1.82, 2.24) is 0 Å². The summed E-state index contributed by atoms with van der Waals surface area (Å²) >= 11 is 0. The summed E-state index contributed by atoms with van der Waals surface area (Å²) in [5.74, 6) is 1.02. The van der Waals surface area contributed by atoms with Crippen molar-refractivity contribution in [3.05, 3.63) is 160 Å². The molecule has 44 heavy (non-hydrogen) atoms. The second kappa shape index (κ2) is 12.9.